The van der Waals surface area contributed by atoms with Crippen LogP contribution < -0.4 is 5.73 Å². The highest BCUT2D eigenvalue weighted by Crippen LogP contribution is 2.25. The first kappa shape index (κ1) is 10.9. The molecule has 16 heavy (non-hydrogen) atoms. The van der Waals surface area contributed by atoms with Gasteiger partial charge in [0.15, 0.2) is 5.01 Å². The Morgan fingerprint density at radius 3 is 2.69 bits per heavy atom. The van der Waals surface area contributed by atoms with Gasteiger partial charge in [-0.05, 0) is 0 Å². The fourth-order valence-corrected chi connectivity index (χ4v) is 1.68. The lowest BCUT2D eigenvalue weighted by Crippen LogP contribution is -2.17. The second-order valence-electron chi connectivity index (χ2n) is 2.99. The minimum atomic E-state index is -4.29. The SMILES string of the molecule is Nc1nnc(-c2cnn(CC(F)(F)F)c2)s1. The summed E-state index contributed by atoms with van der Waals surface area (Å²) in [6, 6.07) is 0. The quantitative estimate of drug-likeness (QED) is 0.876. The molecule has 0 aromatic carbocycles. The Labute approximate surface area is 91.7 Å². The number of hydrogen-bond donors (Lipinski definition) is 1. The molecule has 0 spiro atoms. The van der Waals surface area contributed by atoms with Gasteiger partial charge in [-0.3, -0.25) is 4.68 Å². The first-order valence-corrected chi connectivity index (χ1v) is 4.94. The molecule has 0 saturated heterocycles. The van der Waals surface area contributed by atoms with Crippen LogP contribution >= 0.6 is 11.3 Å². The zero-order chi connectivity index (χ0) is 11.8. The van der Waals surface area contributed by atoms with Gasteiger partial charge in [0.05, 0.1) is 11.8 Å². The first-order chi connectivity index (χ1) is 7.44. The molecule has 0 amide bonds. The van der Waals surface area contributed by atoms with Crippen LogP contribution in [0.1, 0.15) is 0 Å². The molecular weight excluding hydrogens is 243 g/mol. The van der Waals surface area contributed by atoms with Crippen LogP contribution in [0.2, 0.25) is 0 Å². The van der Waals surface area contributed by atoms with Crippen molar-refractivity contribution in [1.29, 1.82) is 0 Å². The smallest absolute Gasteiger partial charge is 0.374 e. The Balaban J connectivity index is 2.20. The highest BCUT2D eigenvalue weighted by atomic mass is 32.1. The van der Waals surface area contributed by atoms with Gasteiger partial charge in [-0.1, -0.05) is 11.3 Å². The van der Waals surface area contributed by atoms with E-state index in [0.29, 0.717) is 10.6 Å². The van der Waals surface area contributed by atoms with Crippen LogP contribution in [0.25, 0.3) is 10.6 Å². The molecule has 2 aromatic rings. The number of hydrogen-bond acceptors (Lipinski definition) is 5. The minimum absolute atomic E-state index is 0.263. The Hall–Kier alpha value is -1.64. The average Bonchev–Trinajstić information content (AvgIpc) is 2.71. The lowest BCUT2D eigenvalue weighted by molar-refractivity contribution is -0.142. The normalized spacial score (nSPS) is 11.9. The van der Waals surface area contributed by atoms with Crippen LogP contribution in [0, 0.1) is 0 Å². The van der Waals surface area contributed by atoms with Gasteiger partial charge >= 0.3 is 6.18 Å². The summed E-state index contributed by atoms with van der Waals surface area (Å²) >= 11 is 1.09. The summed E-state index contributed by atoms with van der Waals surface area (Å²) in [4.78, 5) is 0. The van der Waals surface area contributed by atoms with Gasteiger partial charge in [0.25, 0.3) is 0 Å². The second kappa shape index (κ2) is 3.74. The molecule has 2 aromatic heterocycles. The van der Waals surface area contributed by atoms with Crippen LogP contribution in [0.15, 0.2) is 12.4 Å². The summed E-state index contributed by atoms with van der Waals surface area (Å²) in [6.45, 7) is -1.12. The van der Waals surface area contributed by atoms with Gasteiger partial charge in [0, 0.05) is 6.20 Å². The van der Waals surface area contributed by atoms with Crippen LogP contribution in [0.3, 0.4) is 0 Å². The molecule has 0 atom stereocenters. The molecule has 0 aliphatic carbocycles. The maximum absolute atomic E-state index is 12.1. The zero-order valence-electron chi connectivity index (χ0n) is 7.77. The van der Waals surface area contributed by atoms with E-state index in [-0.39, 0.29) is 5.13 Å². The first-order valence-electron chi connectivity index (χ1n) is 4.12. The molecule has 0 fully saturated rings. The van der Waals surface area contributed by atoms with Gasteiger partial charge < -0.3 is 5.73 Å². The molecule has 0 bridgehead atoms. The number of nitrogen functional groups attached to an aromatic ring is 1. The molecule has 5 nitrogen and oxygen atoms in total. The van der Waals surface area contributed by atoms with Crippen LogP contribution in [-0.2, 0) is 6.54 Å². The predicted octanol–water partition coefficient (Wildman–Crippen LogP) is 1.55. The van der Waals surface area contributed by atoms with Crippen molar-refractivity contribution in [2.45, 2.75) is 12.7 Å². The van der Waals surface area contributed by atoms with Crippen molar-refractivity contribution >= 4 is 16.5 Å². The van der Waals surface area contributed by atoms with E-state index in [1.165, 1.54) is 12.4 Å². The number of nitrogens with two attached hydrogens (primary N) is 1. The molecule has 86 valence electrons. The average molecular weight is 249 g/mol. The van der Waals surface area contributed by atoms with E-state index in [2.05, 4.69) is 15.3 Å². The third-order valence-electron chi connectivity index (χ3n) is 1.66. The maximum atomic E-state index is 12.1. The highest BCUT2D eigenvalue weighted by molar-refractivity contribution is 7.18. The molecule has 0 unspecified atom stereocenters. The molecule has 9 heteroatoms. The lowest BCUT2D eigenvalue weighted by Gasteiger charge is -2.04. The molecule has 0 aliphatic heterocycles. The van der Waals surface area contributed by atoms with Crippen LogP contribution in [0.5, 0.6) is 0 Å². The van der Waals surface area contributed by atoms with E-state index in [1.807, 2.05) is 0 Å². The van der Waals surface area contributed by atoms with Crippen molar-refractivity contribution in [1.82, 2.24) is 20.0 Å². The standard InChI is InChI=1S/C7H6F3N5S/c8-7(9,10)3-15-2-4(1-12-15)5-13-14-6(11)16-5/h1-2H,3H2,(H2,11,14). The molecule has 0 radical (unpaired) electrons. The topological polar surface area (TPSA) is 69.6 Å². The largest absolute Gasteiger partial charge is 0.408 e. The fraction of sp³-hybridized carbons (Fsp3) is 0.286. The summed E-state index contributed by atoms with van der Waals surface area (Å²) in [5.74, 6) is 0. The maximum Gasteiger partial charge on any atom is 0.408 e. The third-order valence-corrected chi connectivity index (χ3v) is 2.46. The Bertz CT molecular complexity index is 488. The van der Waals surface area contributed by atoms with Crippen molar-refractivity contribution in [2.75, 3.05) is 5.73 Å². The molecular formula is C7H6F3N5S. The summed E-state index contributed by atoms with van der Waals surface area (Å²) in [6.07, 6.45) is -1.73. The van der Waals surface area contributed by atoms with Crippen molar-refractivity contribution in [3.05, 3.63) is 12.4 Å². The van der Waals surface area contributed by atoms with Crippen LogP contribution in [-0.4, -0.2) is 26.2 Å². The molecule has 0 aliphatic rings. The van der Waals surface area contributed by atoms with Gasteiger partial charge in [-0.2, -0.15) is 18.3 Å². The van der Waals surface area contributed by atoms with Crippen molar-refractivity contribution < 1.29 is 13.2 Å². The van der Waals surface area contributed by atoms with Crippen molar-refractivity contribution in [3.8, 4) is 10.6 Å². The van der Waals surface area contributed by atoms with Gasteiger partial charge in [-0.25, -0.2) is 0 Å². The van der Waals surface area contributed by atoms with Gasteiger partial charge in [-0.15, -0.1) is 10.2 Å². The van der Waals surface area contributed by atoms with E-state index in [0.717, 1.165) is 16.0 Å². The monoisotopic (exact) mass is 249 g/mol. The highest BCUT2D eigenvalue weighted by Gasteiger charge is 2.28. The second-order valence-corrected chi connectivity index (χ2v) is 4.00. The minimum Gasteiger partial charge on any atom is -0.374 e. The number of aromatic nitrogens is 4. The summed E-state index contributed by atoms with van der Waals surface area (Å²) in [5, 5.41) is 11.6. The van der Waals surface area contributed by atoms with Crippen molar-refractivity contribution in [2.24, 2.45) is 0 Å². The number of halogens is 3. The number of rotatable bonds is 2. The number of anilines is 1. The predicted molar refractivity (Wildman–Crippen MR) is 51.6 cm³/mol. The van der Waals surface area contributed by atoms with E-state index in [4.69, 9.17) is 5.73 Å². The fourth-order valence-electron chi connectivity index (χ4n) is 1.10. The van der Waals surface area contributed by atoms with Crippen LogP contribution in [0.4, 0.5) is 18.3 Å². The number of alkyl halides is 3. The van der Waals surface area contributed by atoms with Gasteiger partial charge in [0.2, 0.25) is 5.13 Å². The Morgan fingerprint density at radius 2 is 2.12 bits per heavy atom. The molecule has 0 saturated carbocycles. The zero-order valence-corrected chi connectivity index (χ0v) is 8.59. The van der Waals surface area contributed by atoms with E-state index >= 15 is 0 Å². The molecule has 2 N–H and O–H groups in total. The van der Waals surface area contributed by atoms with E-state index in [9.17, 15) is 13.2 Å². The summed E-state index contributed by atoms with van der Waals surface area (Å²) < 4.78 is 37.0. The third kappa shape index (κ3) is 2.48. The lowest BCUT2D eigenvalue weighted by atomic mass is 10.4. The van der Waals surface area contributed by atoms with Crippen molar-refractivity contribution in [3.63, 3.8) is 0 Å². The van der Waals surface area contributed by atoms with E-state index < -0.39 is 12.7 Å². The summed E-state index contributed by atoms with van der Waals surface area (Å²) in [7, 11) is 0. The van der Waals surface area contributed by atoms with Gasteiger partial charge in [0.1, 0.15) is 6.54 Å². The Kier molecular flexibility index (Phi) is 2.54. The Morgan fingerprint density at radius 1 is 1.38 bits per heavy atom. The molecule has 2 rings (SSSR count). The molecule has 2 heterocycles. The number of nitrogens with zero attached hydrogens (tertiary/aromatic N) is 4. The van der Waals surface area contributed by atoms with E-state index in [1.54, 1.807) is 0 Å². The summed E-state index contributed by atoms with van der Waals surface area (Å²) in [5.41, 5.74) is 5.83.